The van der Waals surface area contributed by atoms with E-state index in [1.807, 2.05) is 25.1 Å². The number of furan rings is 1. The first-order valence-corrected chi connectivity index (χ1v) is 7.65. The highest BCUT2D eigenvalue weighted by molar-refractivity contribution is 6.30. The summed E-state index contributed by atoms with van der Waals surface area (Å²) in [4.78, 5) is 2.27. The Morgan fingerprint density at radius 1 is 1.24 bits per heavy atom. The molecule has 0 amide bonds. The molecule has 1 heterocycles. The molecule has 0 spiro atoms. The molecule has 0 radical (unpaired) electrons. The summed E-state index contributed by atoms with van der Waals surface area (Å²) in [5.74, 6) is 0.960. The van der Waals surface area contributed by atoms with Gasteiger partial charge in [-0.1, -0.05) is 30.7 Å². The topological polar surface area (TPSA) is 42.4 Å². The van der Waals surface area contributed by atoms with E-state index in [1.54, 1.807) is 6.26 Å². The monoisotopic (exact) mass is 306 g/mol. The number of nitrogens with zero attached hydrogens (tertiary/aromatic N) is 1. The molecule has 2 rings (SSSR count). The molecule has 1 aromatic carbocycles. The van der Waals surface area contributed by atoms with E-state index in [-0.39, 0.29) is 12.1 Å². The van der Waals surface area contributed by atoms with Gasteiger partial charge in [0, 0.05) is 29.2 Å². The van der Waals surface area contributed by atoms with Crippen molar-refractivity contribution in [3.05, 3.63) is 58.5 Å². The van der Waals surface area contributed by atoms with Crippen molar-refractivity contribution in [2.24, 2.45) is 5.73 Å². The second kappa shape index (κ2) is 7.12. The highest BCUT2D eigenvalue weighted by Gasteiger charge is 2.23. The Morgan fingerprint density at radius 3 is 2.43 bits per heavy atom. The van der Waals surface area contributed by atoms with E-state index in [4.69, 9.17) is 21.8 Å². The minimum absolute atomic E-state index is 0.0726. The summed E-state index contributed by atoms with van der Waals surface area (Å²) in [6.45, 7) is 4.91. The number of likely N-dealkylation sites (N-methyl/N-ethyl adjacent to an activating group) is 1. The number of benzene rings is 1. The maximum atomic E-state index is 6.36. The Bertz CT molecular complexity index is 564. The van der Waals surface area contributed by atoms with E-state index in [0.29, 0.717) is 0 Å². The molecular weight excluding hydrogens is 284 g/mol. The lowest BCUT2D eigenvalue weighted by molar-refractivity contribution is 0.200. The van der Waals surface area contributed by atoms with Crippen LogP contribution >= 0.6 is 11.6 Å². The van der Waals surface area contributed by atoms with Crippen molar-refractivity contribution in [1.82, 2.24) is 4.90 Å². The van der Waals surface area contributed by atoms with Crippen LogP contribution in [0.3, 0.4) is 0 Å². The number of hydrogen-bond donors (Lipinski definition) is 1. The second-order valence-corrected chi connectivity index (χ2v) is 5.92. The molecule has 114 valence electrons. The Kier molecular flexibility index (Phi) is 5.45. The predicted molar refractivity (Wildman–Crippen MR) is 87.4 cm³/mol. The molecule has 4 heteroatoms. The van der Waals surface area contributed by atoms with E-state index in [0.717, 1.165) is 23.7 Å². The molecule has 0 bridgehead atoms. The third kappa shape index (κ3) is 3.88. The van der Waals surface area contributed by atoms with Gasteiger partial charge in [-0.25, -0.2) is 0 Å². The van der Waals surface area contributed by atoms with Gasteiger partial charge < -0.3 is 10.2 Å². The minimum atomic E-state index is 0.0726. The first-order chi connectivity index (χ1) is 10.0. The number of aryl methyl sites for hydroxylation is 1. The van der Waals surface area contributed by atoms with Crippen LogP contribution in [0.15, 0.2) is 41.0 Å². The van der Waals surface area contributed by atoms with Crippen LogP contribution in [-0.4, -0.2) is 18.0 Å². The molecule has 0 saturated carbocycles. The van der Waals surface area contributed by atoms with E-state index in [1.165, 1.54) is 11.1 Å². The quantitative estimate of drug-likeness (QED) is 0.871. The number of halogens is 1. The highest BCUT2D eigenvalue weighted by Crippen LogP contribution is 2.27. The zero-order chi connectivity index (χ0) is 15.4. The molecule has 2 unspecified atom stereocenters. The van der Waals surface area contributed by atoms with Gasteiger partial charge in [0.05, 0.1) is 6.26 Å². The molecule has 2 N–H and O–H groups in total. The Balaban J connectivity index is 2.23. The lowest BCUT2D eigenvalue weighted by Gasteiger charge is -2.32. The standard InChI is InChI=1S/C17H23ClN2O/c1-4-16(19)17(13-5-7-15(18)8-6-13)20(3)11-14-9-10-21-12(14)2/h5-10,16-17H,4,11,19H2,1-3H3. The van der Waals surface area contributed by atoms with Crippen LogP contribution in [0.25, 0.3) is 0 Å². The van der Waals surface area contributed by atoms with Gasteiger partial charge in [-0.3, -0.25) is 4.90 Å². The summed E-state index contributed by atoms with van der Waals surface area (Å²) in [5, 5.41) is 0.746. The van der Waals surface area contributed by atoms with E-state index in [9.17, 15) is 0 Å². The average Bonchev–Trinajstić information content (AvgIpc) is 2.86. The predicted octanol–water partition coefficient (Wildman–Crippen LogP) is 4.15. The Labute approximate surface area is 131 Å². The Morgan fingerprint density at radius 2 is 1.90 bits per heavy atom. The maximum absolute atomic E-state index is 6.36. The summed E-state index contributed by atoms with van der Waals surface area (Å²) in [6, 6.07) is 10.2. The van der Waals surface area contributed by atoms with Crippen molar-refractivity contribution in [3.63, 3.8) is 0 Å². The second-order valence-electron chi connectivity index (χ2n) is 5.49. The van der Waals surface area contributed by atoms with Gasteiger partial charge in [0.2, 0.25) is 0 Å². The van der Waals surface area contributed by atoms with Crippen LogP contribution < -0.4 is 5.73 Å². The lowest BCUT2D eigenvalue weighted by atomic mass is 9.96. The van der Waals surface area contributed by atoms with Crippen LogP contribution in [0.5, 0.6) is 0 Å². The van der Waals surface area contributed by atoms with Crippen molar-refractivity contribution >= 4 is 11.6 Å². The summed E-state index contributed by atoms with van der Waals surface area (Å²) in [6.07, 6.45) is 2.65. The maximum Gasteiger partial charge on any atom is 0.105 e. The van der Waals surface area contributed by atoms with Crippen molar-refractivity contribution < 1.29 is 4.42 Å². The van der Waals surface area contributed by atoms with Crippen molar-refractivity contribution in [2.45, 2.75) is 38.9 Å². The van der Waals surface area contributed by atoms with Gasteiger partial charge >= 0.3 is 0 Å². The largest absolute Gasteiger partial charge is 0.469 e. The smallest absolute Gasteiger partial charge is 0.105 e. The molecule has 0 aliphatic heterocycles. The third-order valence-corrected chi connectivity index (χ3v) is 4.20. The van der Waals surface area contributed by atoms with Crippen molar-refractivity contribution in [3.8, 4) is 0 Å². The molecular formula is C17H23ClN2O. The average molecular weight is 307 g/mol. The van der Waals surface area contributed by atoms with E-state index >= 15 is 0 Å². The molecule has 21 heavy (non-hydrogen) atoms. The normalized spacial score (nSPS) is 14.4. The molecule has 1 aromatic heterocycles. The van der Waals surface area contributed by atoms with Crippen LogP contribution in [0.4, 0.5) is 0 Å². The Hall–Kier alpha value is -1.29. The first kappa shape index (κ1) is 16.1. The molecule has 0 saturated heterocycles. The van der Waals surface area contributed by atoms with Gasteiger partial charge in [-0.15, -0.1) is 0 Å². The van der Waals surface area contributed by atoms with Gasteiger partial charge in [-0.05, 0) is 44.2 Å². The molecule has 2 atom stereocenters. The fourth-order valence-electron chi connectivity index (χ4n) is 2.65. The number of hydrogen-bond acceptors (Lipinski definition) is 3. The number of rotatable bonds is 6. The van der Waals surface area contributed by atoms with Gasteiger partial charge in [0.1, 0.15) is 5.76 Å². The van der Waals surface area contributed by atoms with Gasteiger partial charge in [-0.2, -0.15) is 0 Å². The van der Waals surface area contributed by atoms with Crippen molar-refractivity contribution in [2.75, 3.05) is 7.05 Å². The first-order valence-electron chi connectivity index (χ1n) is 7.27. The van der Waals surface area contributed by atoms with Crippen LogP contribution in [-0.2, 0) is 6.54 Å². The van der Waals surface area contributed by atoms with E-state index < -0.39 is 0 Å². The highest BCUT2D eigenvalue weighted by atomic mass is 35.5. The summed E-state index contributed by atoms with van der Waals surface area (Å²) in [7, 11) is 2.10. The van der Waals surface area contributed by atoms with Gasteiger partial charge in [0.25, 0.3) is 0 Å². The lowest BCUT2D eigenvalue weighted by Crippen LogP contribution is -2.38. The molecule has 0 fully saturated rings. The van der Waals surface area contributed by atoms with Crippen LogP contribution in [0.1, 0.15) is 36.3 Å². The summed E-state index contributed by atoms with van der Waals surface area (Å²) < 4.78 is 5.38. The SMILES string of the molecule is CCC(N)C(c1ccc(Cl)cc1)N(C)Cc1ccoc1C. The summed E-state index contributed by atoms with van der Waals surface area (Å²) in [5.41, 5.74) is 8.74. The summed E-state index contributed by atoms with van der Waals surface area (Å²) >= 11 is 5.99. The molecule has 3 nitrogen and oxygen atoms in total. The fourth-order valence-corrected chi connectivity index (χ4v) is 2.78. The van der Waals surface area contributed by atoms with Crippen molar-refractivity contribution in [1.29, 1.82) is 0 Å². The zero-order valence-electron chi connectivity index (χ0n) is 12.8. The third-order valence-electron chi connectivity index (χ3n) is 3.95. The molecule has 0 aliphatic rings. The molecule has 0 aliphatic carbocycles. The number of nitrogens with two attached hydrogens (primary N) is 1. The fraction of sp³-hybridized carbons (Fsp3) is 0.412. The van der Waals surface area contributed by atoms with E-state index in [2.05, 4.69) is 31.0 Å². The minimum Gasteiger partial charge on any atom is -0.469 e. The van der Waals surface area contributed by atoms with Gasteiger partial charge in [0.15, 0.2) is 0 Å². The van der Waals surface area contributed by atoms with Crippen LogP contribution in [0.2, 0.25) is 5.02 Å². The zero-order valence-corrected chi connectivity index (χ0v) is 13.6. The van der Waals surface area contributed by atoms with Crippen LogP contribution in [0, 0.1) is 6.92 Å². The molecule has 2 aromatic rings.